The Labute approximate surface area is 99.7 Å². The molecule has 0 heterocycles. The Hall–Kier alpha value is -0.0900. The van der Waals surface area contributed by atoms with Gasteiger partial charge in [0.05, 0.1) is 0 Å². The first-order valence-corrected chi connectivity index (χ1v) is 8.25. The summed E-state index contributed by atoms with van der Waals surface area (Å²) in [7, 11) is -2.84. The van der Waals surface area contributed by atoms with Crippen LogP contribution in [-0.2, 0) is 9.84 Å². The van der Waals surface area contributed by atoms with Crippen LogP contribution in [0.1, 0.15) is 46.0 Å². The predicted octanol–water partition coefficient (Wildman–Crippen LogP) is 1.96. The molecule has 2 N–H and O–H groups in total. The molecule has 0 bridgehead atoms. The molecular formula is C12H25NO2S. The molecule has 0 radical (unpaired) electrons. The maximum atomic E-state index is 11.1. The fourth-order valence-electron chi connectivity index (χ4n) is 2.79. The molecule has 0 amide bonds. The van der Waals surface area contributed by atoms with Crippen molar-refractivity contribution in [3.63, 3.8) is 0 Å². The molecule has 0 saturated heterocycles. The van der Waals surface area contributed by atoms with Crippen molar-refractivity contribution in [1.29, 1.82) is 0 Å². The van der Waals surface area contributed by atoms with Crippen LogP contribution in [0.4, 0.5) is 0 Å². The van der Waals surface area contributed by atoms with Crippen molar-refractivity contribution in [1.82, 2.24) is 0 Å². The molecule has 1 saturated carbocycles. The van der Waals surface area contributed by atoms with Gasteiger partial charge < -0.3 is 5.73 Å². The van der Waals surface area contributed by atoms with E-state index in [-0.39, 0.29) is 11.3 Å². The van der Waals surface area contributed by atoms with Crippen LogP contribution in [0.5, 0.6) is 0 Å². The summed E-state index contributed by atoms with van der Waals surface area (Å²) < 4.78 is 22.2. The van der Waals surface area contributed by atoms with Crippen LogP contribution in [0.2, 0.25) is 0 Å². The van der Waals surface area contributed by atoms with E-state index in [2.05, 4.69) is 13.8 Å². The first-order valence-electron chi connectivity index (χ1n) is 6.19. The molecule has 0 spiro atoms. The number of hydrogen-bond donors (Lipinski definition) is 1. The standard InChI is InChI=1S/C12H25NO2S/c1-10-5-6-11(2)12(13,9-10)7-4-8-16(3,14)15/h10-11H,4-9,13H2,1-3H3. The monoisotopic (exact) mass is 247 g/mol. The van der Waals surface area contributed by atoms with Gasteiger partial charge in [-0.25, -0.2) is 8.42 Å². The summed E-state index contributed by atoms with van der Waals surface area (Å²) in [5, 5.41) is 0. The Balaban J connectivity index is 2.49. The third-order valence-corrected chi connectivity index (χ3v) is 4.99. The van der Waals surface area contributed by atoms with Gasteiger partial charge in [-0.3, -0.25) is 0 Å². The Morgan fingerprint density at radius 2 is 1.94 bits per heavy atom. The third kappa shape index (κ3) is 4.06. The lowest BCUT2D eigenvalue weighted by atomic mass is 9.68. The first kappa shape index (κ1) is 14.0. The number of nitrogens with two attached hydrogens (primary N) is 1. The molecule has 0 aliphatic heterocycles. The van der Waals surface area contributed by atoms with Crippen LogP contribution in [0.15, 0.2) is 0 Å². The molecule has 1 aliphatic carbocycles. The molecule has 0 aromatic heterocycles. The molecule has 0 aromatic rings. The van der Waals surface area contributed by atoms with E-state index in [1.54, 1.807) is 0 Å². The zero-order chi connectivity index (χ0) is 12.4. The van der Waals surface area contributed by atoms with Crippen LogP contribution < -0.4 is 5.73 Å². The molecular weight excluding hydrogens is 222 g/mol. The summed E-state index contributed by atoms with van der Waals surface area (Å²) in [4.78, 5) is 0. The molecule has 1 fully saturated rings. The lowest BCUT2D eigenvalue weighted by Crippen LogP contribution is -2.50. The average Bonchev–Trinajstić information content (AvgIpc) is 2.09. The molecule has 3 unspecified atom stereocenters. The highest BCUT2D eigenvalue weighted by molar-refractivity contribution is 7.90. The first-order chi connectivity index (χ1) is 7.23. The van der Waals surface area contributed by atoms with E-state index in [0.717, 1.165) is 12.8 Å². The van der Waals surface area contributed by atoms with E-state index in [4.69, 9.17) is 5.73 Å². The molecule has 96 valence electrons. The fourth-order valence-corrected chi connectivity index (χ4v) is 3.45. The predicted molar refractivity (Wildman–Crippen MR) is 68.0 cm³/mol. The van der Waals surface area contributed by atoms with Crippen molar-refractivity contribution in [2.45, 2.75) is 51.5 Å². The van der Waals surface area contributed by atoms with E-state index < -0.39 is 9.84 Å². The minimum Gasteiger partial charge on any atom is -0.325 e. The topological polar surface area (TPSA) is 60.2 Å². The van der Waals surface area contributed by atoms with Gasteiger partial charge in [-0.2, -0.15) is 0 Å². The van der Waals surface area contributed by atoms with E-state index in [0.29, 0.717) is 18.3 Å². The molecule has 0 aromatic carbocycles. The molecule has 3 atom stereocenters. The molecule has 1 rings (SSSR count). The van der Waals surface area contributed by atoms with E-state index >= 15 is 0 Å². The van der Waals surface area contributed by atoms with E-state index in [1.807, 2.05) is 0 Å². The SMILES string of the molecule is CC1CCC(C)C(N)(CCCS(C)(=O)=O)C1. The Morgan fingerprint density at radius 1 is 1.31 bits per heavy atom. The molecule has 3 nitrogen and oxygen atoms in total. The van der Waals surface area contributed by atoms with Crippen LogP contribution in [-0.4, -0.2) is 26.0 Å². The second-order valence-corrected chi connectivity index (χ2v) is 8.01. The number of hydrogen-bond acceptors (Lipinski definition) is 3. The molecule has 1 aliphatic rings. The fraction of sp³-hybridized carbons (Fsp3) is 1.00. The van der Waals surface area contributed by atoms with Gasteiger partial charge in [0.1, 0.15) is 9.84 Å². The highest BCUT2D eigenvalue weighted by Crippen LogP contribution is 2.37. The van der Waals surface area contributed by atoms with Crippen molar-refractivity contribution >= 4 is 9.84 Å². The van der Waals surface area contributed by atoms with Crippen molar-refractivity contribution in [3.8, 4) is 0 Å². The second-order valence-electron chi connectivity index (χ2n) is 5.75. The Kier molecular flexibility index (Phi) is 4.41. The van der Waals surface area contributed by atoms with Gasteiger partial charge in [-0.15, -0.1) is 0 Å². The summed E-state index contributed by atoms with van der Waals surface area (Å²) in [5.41, 5.74) is 6.29. The Morgan fingerprint density at radius 3 is 2.50 bits per heavy atom. The van der Waals surface area contributed by atoms with Gasteiger partial charge in [-0.1, -0.05) is 20.3 Å². The van der Waals surface area contributed by atoms with Crippen molar-refractivity contribution in [2.75, 3.05) is 12.0 Å². The lowest BCUT2D eigenvalue weighted by molar-refractivity contribution is 0.150. The van der Waals surface area contributed by atoms with E-state index in [9.17, 15) is 8.42 Å². The van der Waals surface area contributed by atoms with Gasteiger partial charge >= 0.3 is 0 Å². The zero-order valence-corrected chi connectivity index (χ0v) is 11.5. The third-order valence-electron chi connectivity index (χ3n) is 3.96. The van der Waals surface area contributed by atoms with Crippen LogP contribution in [0.25, 0.3) is 0 Å². The quantitative estimate of drug-likeness (QED) is 0.826. The van der Waals surface area contributed by atoms with Gasteiger partial charge in [-0.05, 0) is 37.5 Å². The summed E-state index contributed by atoms with van der Waals surface area (Å²) in [6.07, 6.45) is 6.31. The van der Waals surface area contributed by atoms with Crippen LogP contribution in [0.3, 0.4) is 0 Å². The zero-order valence-electron chi connectivity index (χ0n) is 10.7. The maximum Gasteiger partial charge on any atom is 0.147 e. The van der Waals surface area contributed by atoms with Gasteiger partial charge in [0.25, 0.3) is 0 Å². The highest BCUT2D eigenvalue weighted by atomic mass is 32.2. The smallest absolute Gasteiger partial charge is 0.147 e. The average molecular weight is 247 g/mol. The summed E-state index contributed by atoms with van der Waals surface area (Å²) in [5.74, 6) is 1.47. The number of sulfone groups is 1. The second kappa shape index (κ2) is 5.05. The summed E-state index contributed by atoms with van der Waals surface area (Å²) in [6, 6.07) is 0. The van der Waals surface area contributed by atoms with Crippen LogP contribution >= 0.6 is 0 Å². The normalized spacial score (nSPS) is 36.2. The van der Waals surface area contributed by atoms with Crippen molar-refractivity contribution in [2.24, 2.45) is 17.6 Å². The molecule has 4 heteroatoms. The van der Waals surface area contributed by atoms with E-state index in [1.165, 1.54) is 19.1 Å². The van der Waals surface area contributed by atoms with Gasteiger partial charge in [0.2, 0.25) is 0 Å². The Bertz CT molecular complexity index is 326. The molecule has 16 heavy (non-hydrogen) atoms. The van der Waals surface area contributed by atoms with Gasteiger partial charge in [0, 0.05) is 17.5 Å². The lowest BCUT2D eigenvalue weighted by Gasteiger charge is -2.42. The van der Waals surface area contributed by atoms with Crippen molar-refractivity contribution in [3.05, 3.63) is 0 Å². The van der Waals surface area contributed by atoms with Gasteiger partial charge in [0.15, 0.2) is 0 Å². The minimum atomic E-state index is -2.84. The summed E-state index contributed by atoms with van der Waals surface area (Å²) >= 11 is 0. The minimum absolute atomic E-state index is 0.137. The maximum absolute atomic E-state index is 11.1. The largest absolute Gasteiger partial charge is 0.325 e. The van der Waals surface area contributed by atoms with Crippen molar-refractivity contribution < 1.29 is 8.42 Å². The van der Waals surface area contributed by atoms with Crippen LogP contribution in [0, 0.1) is 11.8 Å². The number of rotatable bonds is 4. The summed E-state index contributed by atoms with van der Waals surface area (Å²) in [6.45, 7) is 4.44. The highest BCUT2D eigenvalue weighted by Gasteiger charge is 2.36.